The Balaban J connectivity index is 2.04. The summed E-state index contributed by atoms with van der Waals surface area (Å²) in [6, 6.07) is 9.39. The molecule has 1 aliphatic rings. The molecule has 0 radical (unpaired) electrons. The summed E-state index contributed by atoms with van der Waals surface area (Å²) >= 11 is 0. The van der Waals surface area contributed by atoms with E-state index in [1.807, 2.05) is 43.5 Å². The van der Waals surface area contributed by atoms with Gasteiger partial charge in [-0.3, -0.25) is 4.79 Å². The van der Waals surface area contributed by atoms with E-state index >= 15 is 0 Å². The second-order valence-electron chi connectivity index (χ2n) is 4.48. The second-order valence-corrected chi connectivity index (χ2v) is 4.48. The molecular weight excluding hydrogens is 242 g/mol. The molecule has 4 nitrogen and oxygen atoms in total. The predicted molar refractivity (Wildman–Crippen MR) is 70.6 cm³/mol. The fourth-order valence-electron chi connectivity index (χ4n) is 2.50. The van der Waals surface area contributed by atoms with E-state index in [4.69, 9.17) is 9.47 Å². The van der Waals surface area contributed by atoms with Crippen LogP contribution in [-0.2, 0) is 11.3 Å². The molecule has 0 unspecified atom stereocenters. The number of nitrogens with zero attached hydrogens (tertiary/aromatic N) is 1. The van der Waals surface area contributed by atoms with E-state index in [9.17, 15) is 4.79 Å². The molecule has 0 N–H and O–H groups in total. The molecule has 0 saturated heterocycles. The Kier molecular flexibility index (Phi) is 2.78. The number of rotatable bonds is 3. The number of hydrogen-bond acceptors (Lipinski definition) is 3. The van der Waals surface area contributed by atoms with Gasteiger partial charge in [0.1, 0.15) is 11.7 Å². The van der Waals surface area contributed by atoms with Crippen LogP contribution in [0.2, 0.25) is 0 Å². The highest BCUT2D eigenvalue weighted by Crippen LogP contribution is 2.40. The minimum Gasteiger partial charge on any atom is -0.497 e. The van der Waals surface area contributed by atoms with Gasteiger partial charge in [0.15, 0.2) is 5.75 Å². The molecule has 2 aromatic rings. The lowest BCUT2D eigenvalue weighted by molar-refractivity contribution is -0.133. The molecule has 1 aromatic heterocycles. The van der Waals surface area contributed by atoms with Crippen LogP contribution in [0.15, 0.2) is 36.5 Å². The van der Waals surface area contributed by atoms with Gasteiger partial charge in [-0.1, -0.05) is 12.1 Å². The molecule has 0 aliphatic carbocycles. The zero-order valence-corrected chi connectivity index (χ0v) is 10.9. The maximum Gasteiger partial charge on any atom is 0.325 e. The number of ether oxygens (including phenoxy) is 2. The van der Waals surface area contributed by atoms with Crippen LogP contribution >= 0.6 is 0 Å². The fourth-order valence-corrected chi connectivity index (χ4v) is 2.50. The SMILES string of the molecule is CCn1ccc2c1[C@H](c1ccc(OC)cc1)C(=O)O2. The summed E-state index contributed by atoms with van der Waals surface area (Å²) in [5, 5.41) is 0. The Morgan fingerprint density at radius 3 is 2.63 bits per heavy atom. The van der Waals surface area contributed by atoms with Crippen LogP contribution in [-0.4, -0.2) is 17.6 Å². The van der Waals surface area contributed by atoms with Gasteiger partial charge in [-0.25, -0.2) is 0 Å². The smallest absolute Gasteiger partial charge is 0.325 e. The number of hydrogen-bond donors (Lipinski definition) is 0. The number of esters is 1. The Morgan fingerprint density at radius 1 is 1.26 bits per heavy atom. The van der Waals surface area contributed by atoms with E-state index in [-0.39, 0.29) is 11.9 Å². The number of aromatic nitrogens is 1. The van der Waals surface area contributed by atoms with Crippen LogP contribution in [0, 0.1) is 0 Å². The summed E-state index contributed by atoms with van der Waals surface area (Å²) in [4.78, 5) is 12.0. The summed E-state index contributed by atoms with van der Waals surface area (Å²) in [5.41, 5.74) is 1.87. The average molecular weight is 257 g/mol. The number of fused-ring (bicyclic) bond motifs is 1. The lowest BCUT2D eigenvalue weighted by Crippen LogP contribution is -2.14. The average Bonchev–Trinajstić information content (AvgIpc) is 2.96. The van der Waals surface area contributed by atoms with Crippen molar-refractivity contribution in [2.24, 2.45) is 0 Å². The summed E-state index contributed by atoms with van der Waals surface area (Å²) in [6.45, 7) is 2.87. The van der Waals surface area contributed by atoms with Gasteiger partial charge in [0, 0.05) is 12.7 Å². The van der Waals surface area contributed by atoms with Gasteiger partial charge in [-0.05, 0) is 30.7 Å². The lowest BCUT2D eigenvalue weighted by Gasteiger charge is -2.11. The highest BCUT2D eigenvalue weighted by atomic mass is 16.5. The van der Waals surface area contributed by atoms with Crippen LogP contribution in [0.4, 0.5) is 0 Å². The first kappa shape index (κ1) is 11.8. The minimum absolute atomic E-state index is 0.210. The molecule has 0 fully saturated rings. The fraction of sp³-hybridized carbons (Fsp3) is 0.267. The number of methoxy groups -OCH3 is 1. The second kappa shape index (κ2) is 4.46. The van der Waals surface area contributed by atoms with Crippen LogP contribution in [0.25, 0.3) is 0 Å². The van der Waals surface area contributed by atoms with Crippen molar-refractivity contribution in [3.63, 3.8) is 0 Å². The van der Waals surface area contributed by atoms with Crippen molar-refractivity contribution in [2.75, 3.05) is 7.11 Å². The molecule has 2 heterocycles. The molecule has 0 spiro atoms. The van der Waals surface area contributed by atoms with Crippen molar-refractivity contribution in [3.8, 4) is 11.5 Å². The molecule has 0 amide bonds. The molecule has 19 heavy (non-hydrogen) atoms. The monoisotopic (exact) mass is 257 g/mol. The number of carbonyl (C=O) groups excluding carboxylic acids is 1. The van der Waals surface area contributed by atoms with Gasteiger partial charge >= 0.3 is 5.97 Å². The number of carbonyl (C=O) groups is 1. The third kappa shape index (κ3) is 1.80. The first-order chi connectivity index (χ1) is 9.24. The van der Waals surface area contributed by atoms with Gasteiger partial charge in [0.05, 0.1) is 12.8 Å². The van der Waals surface area contributed by atoms with Crippen LogP contribution in [0.3, 0.4) is 0 Å². The Morgan fingerprint density at radius 2 is 2.00 bits per heavy atom. The number of benzene rings is 1. The van der Waals surface area contributed by atoms with E-state index in [1.54, 1.807) is 7.11 Å². The van der Waals surface area contributed by atoms with Gasteiger partial charge in [-0.2, -0.15) is 0 Å². The van der Waals surface area contributed by atoms with Gasteiger partial charge < -0.3 is 14.0 Å². The van der Waals surface area contributed by atoms with Crippen molar-refractivity contribution in [3.05, 3.63) is 47.8 Å². The lowest BCUT2D eigenvalue weighted by atomic mass is 9.97. The molecule has 1 aliphatic heterocycles. The van der Waals surface area contributed by atoms with Crippen LogP contribution in [0.1, 0.15) is 24.1 Å². The van der Waals surface area contributed by atoms with E-state index in [0.717, 1.165) is 23.6 Å². The molecular formula is C15H15NO3. The minimum atomic E-state index is -0.337. The van der Waals surface area contributed by atoms with Crippen LogP contribution < -0.4 is 9.47 Å². The van der Waals surface area contributed by atoms with Gasteiger partial charge in [-0.15, -0.1) is 0 Å². The number of aryl methyl sites for hydroxylation is 1. The molecule has 1 aromatic carbocycles. The highest BCUT2D eigenvalue weighted by Gasteiger charge is 2.37. The van der Waals surface area contributed by atoms with E-state index < -0.39 is 0 Å². The highest BCUT2D eigenvalue weighted by molar-refractivity contribution is 5.88. The third-order valence-corrected chi connectivity index (χ3v) is 3.48. The molecule has 98 valence electrons. The standard InChI is InChI=1S/C15H15NO3/c1-3-16-9-8-12-14(16)13(15(17)19-12)10-4-6-11(18-2)7-5-10/h4-9,13H,3H2,1-2H3/t13-/m0/s1. The Bertz CT molecular complexity index is 613. The first-order valence-corrected chi connectivity index (χ1v) is 6.29. The van der Waals surface area contributed by atoms with Crippen molar-refractivity contribution in [2.45, 2.75) is 19.4 Å². The van der Waals surface area contributed by atoms with Crippen molar-refractivity contribution >= 4 is 5.97 Å². The quantitative estimate of drug-likeness (QED) is 0.793. The largest absolute Gasteiger partial charge is 0.497 e. The van der Waals surface area contributed by atoms with E-state index in [0.29, 0.717) is 5.75 Å². The Hall–Kier alpha value is -2.23. The van der Waals surface area contributed by atoms with Crippen molar-refractivity contribution in [1.82, 2.24) is 4.57 Å². The van der Waals surface area contributed by atoms with E-state index in [1.165, 1.54) is 0 Å². The molecule has 3 rings (SSSR count). The normalized spacial score (nSPS) is 17.2. The maximum atomic E-state index is 12.0. The molecule has 0 bridgehead atoms. The molecule has 4 heteroatoms. The van der Waals surface area contributed by atoms with Crippen molar-refractivity contribution in [1.29, 1.82) is 0 Å². The van der Waals surface area contributed by atoms with Gasteiger partial charge in [0.2, 0.25) is 0 Å². The molecule has 1 atom stereocenters. The molecule has 0 saturated carbocycles. The zero-order valence-electron chi connectivity index (χ0n) is 10.9. The predicted octanol–water partition coefficient (Wildman–Crippen LogP) is 2.57. The first-order valence-electron chi connectivity index (χ1n) is 6.29. The zero-order chi connectivity index (χ0) is 13.4. The van der Waals surface area contributed by atoms with Crippen molar-refractivity contribution < 1.29 is 14.3 Å². The van der Waals surface area contributed by atoms with E-state index in [2.05, 4.69) is 4.57 Å². The summed E-state index contributed by atoms with van der Waals surface area (Å²) in [6.07, 6.45) is 1.95. The topological polar surface area (TPSA) is 40.5 Å². The summed E-state index contributed by atoms with van der Waals surface area (Å²) in [5.74, 6) is 0.905. The summed E-state index contributed by atoms with van der Waals surface area (Å²) in [7, 11) is 1.62. The summed E-state index contributed by atoms with van der Waals surface area (Å²) < 4.78 is 12.5. The Labute approximate surface area is 111 Å². The van der Waals surface area contributed by atoms with Gasteiger partial charge in [0.25, 0.3) is 0 Å². The van der Waals surface area contributed by atoms with Crippen LogP contribution in [0.5, 0.6) is 11.5 Å². The maximum absolute atomic E-state index is 12.0. The third-order valence-electron chi connectivity index (χ3n) is 3.48.